The van der Waals surface area contributed by atoms with E-state index in [2.05, 4.69) is 19.2 Å². The summed E-state index contributed by atoms with van der Waals surface area (Å²) < 4.78 is 5.19. The molecular weight excluding hydrogens is 198 g/mol. The summed E-state index contributed by atoms with van der Waals surface area (Å²) in [5, 5.41) is 3.59. The molecule has 1 N–H and O–H groups in total. The Kier molecular flexibility index (Phi) is 7.06. The highest BCUT2D eigenvalue weighted by Gasteiger charge is 2.30. The van der Waals surface area contributed by atoms with Gasteiger partial charge in [-0.3, -0.25) is 0 Å². The molecule has 3 atom stereocenters. The molecule has 1 aliphatic rings. The van der Waals surface area contributed by atoms with E-state index in [0.29, 0.717) is 0 Å². The van der Waals surface area contributed by atoms with E-state index in [0.717, 1.165) is 24.4 Å². The average Bonchev–Trinajstić information content (AvgIpc) is 2.74. The van der Waals surface area contributed by atoms with Gasteiger partial charge in [0, 0.05) is 13.7 Å². The average molecular weight is 227 g/mol. The number of nitrogens with one attached hydrogen (secondary N) is 1. The Labute approximate surface area is 101 Å². The Balaban J connectivity index is 2.27. The molecule has 1 aliphatic carbocycles. The minimum atomic E-state index is 0.830. The van der Waals surface area contributed by atoms with E-state index >= 15 is 0 Å². The van der Waals surface area contributed by atoms with Gasteiger partial charge in [-0.25, -0.2) is 0 Å². The molecule has 0 bridgehead atoms. The minimum Gasteiger partial charge on any atom is -0.385 e. The standard InChI is InChI=1S/C14H29NO/c1-4-9-15-11-13-6-5-7-14(13)12(2)8-10-16-3/h12-15H,4-11H2,1-3H3. The zero-order valence-corrected chi connectivity index (χ0v) is 11.3. The van der Waals surface area contributed by atoms with Crippen molar-refractivity contribution >= 4 is 0 Å². The molecule has 3 unspecified atom stereocenters. The molecule has 0 saturated heterocycles. The summed E-state index contributed by atoms with van der Waals surface area (Å²) >= 11 is 0. The number of methoxy groups -OCH3 is 1. The highest BCUT2D eigenvalue weighted by atomic mass is 16.5. The third-order valence-corrected chi connectivity index (χ3v) is 4.06. The van der Waals surface area contributed by atoms with Gasteiger partial charge in [0.2, 0.25) is 0 Å². The first-order valence-corrected chi connectivity index (χ1v) is 6.99. The van der Waals surface area contributed by atoms with Gasteiger partial charge in [-0.2, -0.15) is 0 Å². The van der Waals surface area contributed by atoms with Gasteiger partial charge < -0.3 is 10.1 Å². The number of hydrogen-bond donors (Lipinski definition) is 1. The summed E-state index contributed by atoms with van der Waals surface area (Å²) in [5.74, 6) is 2.67. The summed E-state index contributed by atoms with van der Waals surface area (Å²) in [6, 6.07) is 0. The summed E-state index contributed by atoms with van der Waals surface area (Å²) in [6.45, 7) is 7.97. The summed E-state index contributed by atoms with van der Waals surface area (Å²) in [6.07, 6.45) is 6.77. The Morgan fingerprint density at radius 1 is 1.38 bits per heavy atom. The van der Waals surface area contributed by atoms with Gasteiger partial charge in [0.25, 0.3) is 0 Å². The van der Waals surface area contributed by atoms with Gasteiger partial charge >= 0.3 is 0 Å². The van der Waals surface area contributed by atoms with Crippen molar-refractivity contribution in [3.8, 4) is 0 Å². The van der Waals surface area contributed by atoms with Gasteiger partial charge in [-0.1, -0.05) is 20.3 Å². The lowest BCUT2D eigenvalue weighted by Crippen LogP contribution is -2.29. The third-order valence-electron chi connectivity index (χ3n) is 4.06. The highest BCUT2D eigenvalue weighted by molar-refractivity contribution is 4.82. The zero-order valence-electron chi connectivity index (χ0n) is 11.3. The fourth-order valence-electron chi connectivity index (χ4n) is 3.05. The van der Waals surface area contributed by atoms with Crippen LogP contribution in [0.4, 0.5) is 0 Å². The van der Waals surface area contributed by atoms with Crippen molar-refractivity contribution in [3.05, 3.63) is 0 Å². The van der Waals surface area contributed by atoms with Crippen molar-refractivity contribution in [2.45, 2.75) is 46.0 Å². The molecule has 1 fully saturated rings. The fourth-order valence-corrected chi connectivity index (χ4v) is 3.05. The van der Waals surface area contributed by atoms with Crippen molar-refractivity contribution in [2.75, 3.05) is 26.8 Å². The molecule has 0 amide bonds. The third kappa shape index (κ3) is 4.42. The van der Waals surface area contributed by atoms with Crippen molar-refractivity contribution in [2.24, 2.45) is 17.8 Å². The van der Waals surface area contributed by atoms with Gasteiger partial charge in [-0.15, -0.1) is 0 Å². The van der Waals surface area contributed by atoms with E-state index < -0.39 is 0 Å². The smallest absolute Gasteiger partial charge is 0.0464 e. The molecule has 0 radical (unpaired) electrons. The van der Waals surface area contributed by atoms with Gasteiger partial charge in [0.15, 0.2) is 0 Å². The second-order valence-electron chi connectivity index (χ2n) is 5.32. The van der Waals surface area contributed by atoms with E-state index in [9.17, 15) is 0 Å². The van der Waals surface area contributed by atoms with Crippen molar-refractivity contribution < 1.29 is 4.74 Å². The fraction of sp³-hybridized carbons (Fsp3) is 1.00. The largest absolute Gasteiger partial charge is 0.385 e. The normalized spacial score (nSPS) is 27.2. The summed E-state index contributed by atoms with van der Waals surface area (Å²) in [5.41, 5.74) is 0. The monoisotopic (exact) mass is 227 g/mol. The lowest BCUT2D eigenvalue weighted by Gasteiger charge is -2.26. The van der Waals surface area contributed by atoms with Crippen LogP contribution < -0.4 is 5.32 Å². The molecule has 0 aromatic heterocycles. The van der Waals surface area contributed by atoms with E-state index in [4.69, 9.17) is 4.74 Å². The van der Waals surface area contributed by atoms with E-state index in [1.807, 2.05) is 7.11 Å². The first-order valence-electron chi connectivity index (χ1n) is 6.99. The molecule has 2 heteroatoms. The first kappa shape index (κ1) is 14.0. The number of hydrogen-bond acceptors (Lipinski definition) is 2. The van der Waals surface area contributed by atoms with E-state index in [1.54, 1.807) is 0 Å². The Hall–Kier alpha value is -0.0800. The predicted molar refractivity (Wildman–Crippen MR) is 69.6 cm³/mol. The maximum Gasteiger partial charge on any atom is 0.0464 e. The van der Waals surface area contributed by atoms with Crippen LogP contribution in [-0.2, 0) is 4.74 Å². The first-order chi connectivity index (χ1) is 7.79. The van der Waals surface area contributed by atoms with Crippen LogP contribution in [0, 0.1) is 17.8 Å². The minimum absolute atomic E-state index is 0.830. The molecule has 0 aromatic rings. The SMILES string of the molecule is CCCNCC1CCCC1C(C)CCOC. The molecular formula is C14H29NO. The molecule has 0 heterocycles. The van der Waals surface area contributed by atoms with Crippen LogP contribution in [0.3, 0.4) is 0 Å². The maximum atomic E-state index is 5.19. The van der Waals surface area contributed by atoms with Crippen LogP contribution >= 0.6 is 0 Å². The quantitative estimate of drug-likeness (QED) is 0.643. The second-order valence-corrected chi connectivity index (χ2v) is 5.32. The predicted octanol–water partition coefficient (Wildman–Crippen LogP) is 3.07. The Bertz CT molecular complexity index is 172. The Morgan fingerprint density at radius 2 is 2.19 bits per heavy atom. The van der Waals surface area contributed by atoms with Crippen LogP contribution in [0.1, 0.15) is 46.0 Å². The molecule has 1 saturated carbocycles. The van der Waals surface area contributed by atoms with E-state index in [1.165, 1.54) is 45.2 Å². The summed E-state index contributed by atoms with van der Waals surface area (Å²) in [4.78, 5) is 0. The van der Waals surface area contributed by atoms with Crippen LogP contribution in [0.15, 0.2) is 0 Å². The van der Waals surface area contributed by atoms with Crippen molar-refractivity contribution in [1.82, 2.24) is 5.32 Å². The molecule has 0 aromatic carbocycles. The lowest BCUT2D eigenvalue weighted by atomic mass is 9.83. The zero-order chi connectivity index (χ0) is 11.8. The molecule has 96 valence electrons. The van der Waals surface area contributed by atoms with Gasteiger partial charge in [-0.05, 0) is 56.5 Å². The van der Waals surface area contributed by atoms with Crippen molar-refractivity contribution in [1.29, 1.82) is 0 Å². The van der Waals surface area contributed by atoms with Crippen molar-refractivity contribution in [3.63, 3.8) is 0 Å². The maximum absolute atomic E-state index is 5.19. The van der Waals surface area contributed by atoms with Crippen LogP contribution in [-0.4, -0.2) is 26.8 Å². The molecule has 1 rings (SSSR count). The molecule has 0 spiro atoms. The Morgan fingerprint density at radius 3 is 2.88 bits per heavy atom. The topological polar surface area (TPSA) is 21.3 Å². The molecule has 0 aliphatic heterocycles. The van der Waals surface area contributed by atoms with Crippen LogP contribution in [0.25, 0.3) is 0 Å². The second kappa shape index (κ2) is 8.08. The number of rotatable bonds is 8. The van der Waals surface area contributed by atoms with Gasteiger partial charge in [0.05, 0.1) is 0 Å². The molecule has 16 heavy (non-hydrogen) atoms. The lowest BCUT2D eigenvalue weighted by molar-refractivity contribution is 0.154. The summed E-state index contributed by atoms with van der Waals surface area (Å²) in [7, 11) is 1.81. The number of ether oxygens (including phenoxy) is 1. The van der Waals surface area contributed by atoms with Crippen LogP contribution in [0.5, 0.6) is 0 Å². The highest BCUT2D eigenvalue weighted by Crippen LogP contribution is 2.37. The van der Waals surface area contributed by atoms with Crippen LogP contribution in [0.2, 0.25) is 0 Å². The van der Waals surface area contributed by atoms with E-state index in [-0.39, 0.29) is 0 Å². The molecule has 2 nitrogen and oxygen atoms in total. The van der Waals surface area contributed by atoms with Gasteiger partial charge in [0.1, 0.15) is 0 Å².